The van der Waals surface area contributed by atoms with Crippen molar-refractivity contribution in [2.45, 2.75) is 26.2 Å². The highest BCUT2D eigenvalue weighted by Crippen LogP contribution is 2.27. The summed E-state index contributed by atoms with van der Waals surface area (Å²) in [5.74, 6) is 0.203. The monoisotopic (exact) mass is 271 g/mol. The van der Waals surface area contributed by atoms with Gasteiger partial charge < -0.3 is 0 Å². The zero-order valence-electron chi connectivity index (χ0n) is 11.1. The Morgan fingerprint density at radius 2 is 2.11 bits per heavy atom. The van der Waals surface area contributed by atoms with Crippen LogP contribution in [0.1, 0.15) is 35.3 Å². The van der Waals surface area contributed by atoms with E-state index in [2.05, 4.69) is 11.6 Å². The van der Waals surface area contributed by atoms with E-state index in [-0.39, 0.29) is 5.78 Å². The fraction of sp³-hybridized carbons (Fsp3) is 0.250. The molecule has 0 unspecified atom stereocenters. The number of carbonyl (C=O) groups excluding carboxylic acids is 1. The summed E-state index contributed by atoms with van der Waals surface area (Å²) in [6.07, 6.45) is 4.20. The number of Topliss-reactive ketones (excluding diaryl/α,β-unsaturated/α-hetero) is 1. The molecule has 0 atom stereocenters. The molecular weight excluding hydrogens is 254 g/mol. The van der Waals surface area contributed by atoms with Crippen LogP contribution in [-0.4, -0.2) is 10.8 Å². The predicted octanol–water partition coefficient (Wildman–Crippen LogP) is 4.66. The Hall–Kier alpha value is -1.74. The van der Waals surface area contributed by atoms with Crippen molar-refractivity contribution in [2.75, 3.05) is 0 Å². The van der Waals surface area contributed by atoms with Gasteiger partial charge in [-0.05, 0) is 25.3 Å². The van der Waals surface area contributed by atoms with Crippen LogP contribution in [0.15, 0.2) is 42.4 Å². The smallest absolute Gasteiger partial charge is 0.162 e. The third kappa shape index (κ3) is 3.38. The van der Waals surface area contributed by atoms with Gasteiger partial charge in [-0.15, -0.1) is 17.9 Å². The molecule has 0 amide bonds. The van der Waals surface area contributed by atoms with Crippen LogP contribution in [-0.2, 0) is 0 Å². The second-order valence-electron chi connectivity index (χ2n) is 4.45. The van der Waals surface area contributed by atoms with Crippen molar-refractivity contribution in [3.63, 3.8) is 0 Å². The van der Waals surface area contributed by atoms with E-state index in [0.717, 1.165) is 29.7 Å². The number of hydrogen-bond donors (Lipinski definition) is 0. The Kier molecular flexibility index (Phi) is 4.63. The Morgan fingerprint density at radius 3 is 2.68 bits per heavy atom. The fourth-order valence-electron chi connectivity index (χ4n) is 1.94. The maximum Gasteiger partial charge on any atom is 0.162 e. The highest BCUT2D eigenvalue weighted by atomic mass is 32.1. The number of unbranched alkanes of at least 4 members (excludes halogenated alkanes) is 1. The molecule has 0 aliphatic carbocycles. The maximum absolute atomic E-state index is 11.9. The molecule has 0 aliphatic heterocycles. The number of aromatic nitrogens is 1. The summed E-state index contributed by atoms with van der Waals surface area (Å²) in [4.78, 5) is 17.4. The largest absolute Gasteiger partial charge is 0.294 e. The maximum atomic E-state index is 11.9. The topological polar surface area (TPSA) is 30.0 Å². The molecule has 2 rings (SSSR count). The van der Waals surface area contributed by atoms with Crippen molar-refractivity contribution in [1.82, 2.24) is 4.98 Å². The number of allylic oxidation sites excluding steroid dienone is 1. The lowest BCUT2D eigenvalue weighted by Crippen LogP contribution is -1.98. The lowest BCUT2D eigenvalue weighted by atomic mass is 10.0. The molecule has 1 heterocycles. The van der Waals surface area contributed by atoms with Crippen molar-refractivity contribution in [3.8, 4) is 10.4 Å². The number of ketones is 1. The number of rotatable bonds is 6. The number of benzene rings is 1. The van der Waals surface area contributed by atoms with E-state index in [9.17, 15) is 4.79 Å². The second kappa shape index (κ2) is 6.43. The number of carbonyl (C=O) groups is 1. The first-order valence-electron chi connectivity index (χ1n) is 6.37. The van der Waals surface area contributed by atoms with Gasteiger partial charge in [-0.25, -0.2) is 4.98 Å². The molecular formula is C16H17NOS. The molecule has 0 spiro atoms. The van der Waals surface area contributed by atoms with Gasteiger partial charge in [0.15, 0.2) is 5.78 Å². The van der Waals surface area contributed by atoms with Gasteiger partial charge in [0.05, 0.1) is 16.1 Å². The Labute approximate surface area is 117 Å². The zero-order chi connectivity index (χ0) is 13.7. The number of thiazole rings is 1. The molecule has 3 heteroatoms. The molecule has 0 bridgehead atoms. The van der Waals surface area contributed by atoms with E-state index in [1.54, 1.807) is 11.3 Å². The van der Waals surface area contributed by atoms with Gasteiger partial charge in [0.1, 0.15) is 0 Å². The summed E-state index contributed by atoms with van der Waals surface area (Å²) >= 11 is 1.63. The van der Waals surface area contributed by atoms with Gasteiger partial charge in [-0.3, -0.25) is 4.79 Å². The average molecular weight is 271 g/mol. The van der Waals surface area contributed by atoms with Gasteiger partial charge >= 0.3 is 0 Å². The summed E-state index contributed by atoms with van der Waals surface area (Å²) in [5.41, 5.74) is 4.80. The van der Waals surface area contributed by atoms with Gasteiger partial charge in [-0.2, -0.15) is 0 Å². The average Bonchev–Trinajstić information content (AvgIpc) is 2.85. The molecule has 0 N–H and O–H groups in total. The van der Waals surface area contributed by atoms with Crippen LogP contribution < -0.4 is 0 Å². The Balaban J connectivity index is 2.08. The van der Waals surface area contributed by atoms with E-state index in [4.69, 9.17) is 0 Å². The zero-order valence-corrected chi connectivity index (χ0v) is 11.9. The molecule has 0 saturated heterocycles. The fourth-order valence-corrected chi connectivity index (χ4v) is 2.75. The van der Waals surface area contributed by atoms with Crippen molar-refractivity contribution >= 4 is 17.1 Å². The minimum absolute atomic E-state index is 0.203. The summed E-state index contributed by atoms with van der Waals surface area (Å²) < 4.78 is 0. The number of aryl methyl sites for hydroxylation is 1. The highest BCUT2D eigenvalue weighted by Gasteiger charge is 2.08. The van der Waals surface area contributed by atoms with Crippen LogP contribution in [0, 0.1) is 6.92 Å². The van der Waals surface area contributed by atoms with Gasteiger partial charge in [0.25, 0.3) is 0 Å². The van der Waals surface area contributed by atoms with E-state index < -0.39 is 0 Å². The van der Waals surface area contributed by atoms with Gasteiger partial charge in [-0.1, -0.05) is 30.3 Å². The quantitative estimate of drug-likeness (QED) is 0.434. The van der Waals surface area contributed by atoms with Crippen LogP contribution >= 0.6 is 11.3 Å². The van der Waals surface area contributed by atoms with Crippen LogP contribution in [0.5, 0.6) is 0 Å². The highest BCUT2D eigenvalue weighted by molar-refractivity contribution is 7.13. The molecule has 0 aliphatic rings. The molecule has 2 nitrogen and oxygen atoms in total. The third-order valence-corrected chi connectivity index (χ3v) is 4.00. The van der Waals surface area contributed by atoms with Crippen molar-refractivity contribution in [1.29, 1.82) is 0 Å². The normalized spacial score (nSPS) is 10.4. The number of nitrogens with zero attached hydrogens (tertiary/aromatic N) is 1. The standard InChI is InChI=1S/C16H17NOS/c1-3-4-5-6-15(18)13-7-9-14(10-8-13)16-12(2)17-11-19-16/h3,7-11H,1,4-6H2,2H3. The predicted molar refractivity (Wildman–Crippen MR) is 80.7 cm³/mol. The molecule has 98 valence electrons. The third-order valence-electron chi connectivity index (χ3n) is 3.03. The first-order chi connectivity index (χ1) is 9.22. The molecule has 19 heavy (non-hydrogen) atoms. The summed E-state index contributed by atoms with van der Waals surface area (Å²) in [5, 5.41) is 0. The van der Waals surface area contributed by atoms with Gasteiger partial charge in [0.2, 0.25) is 0 Å². The van der Waals surface area contributed by atoms with Crippen LogP contribution in [0.25, 0.3) is 10.4 Å². The van der Waals surface area contributed by atoms with Crippen LogP contribution in [0.2, 0.25) is 0 Å². The lowest BCUT2D eigenvalue weighted by molar-refractivity contribution is 0.0980. The lowest BCUT2D eigenvalue weighted by Gasteiger charge is -2.03. The van der Waals surface area contributed by atoms with Crippen LogP contribution in [0.4, 0.5) is 0 Å². The Morgan fingerprint density at radius 1 is 1.37 bits per heavy atom. The van der Waals surface area contributed by atoms with E-state index >= 15 is 0 Å². The molecule has 2 aromatic rings. The summed E-state index contributed by atoms with van der Waals surface area (Å²) in [7, 11) is 0. The van der Waals surface area contributed by atoms with Crippen molar-refractivity contribution in [2.24, 2.45) is 0 Å². The summed E-state index contributed by atoms with van der Waals surface area (Å²) in [6.45, 7) is 5.66. The van der Waals surface area contributed by atoms with E-state index in [1.807, 2.05) is 42.8 Å². The van der Waals surface area contributed by atoms with Crippen LogP contribution in [0.3, 0.4) is 0 Å². The van der Waals surface area contributed by atoms with Crippen molar-refractivity contribution < 1.29 is 4.79 Å². The van der Waals surface area contributed by atoms with Gasteiger partial charge in [0, 0.05) is 12.0 Å². The minimum atomic E-state index is 0.203. The number of hydrogen-bond acceptors (Lipinski definition) is 3. The SMILES string of the molecule is C=CCCCC(=O)c1ccc(-c2scnc2C)cc1. The first kappa shape index (κ1) is 13.7. The summed E-state index contributed by atoms with van der Waals surface area (Å²) in [6, 6.07) is 7.82. The van der Waals surface area contributed by atoms with E-state index in [0.29, 0.717) is 6.42 Å². The molecule has 1 aromatic carbocycles. The Bertz CT molecular complexity index is 569. The molecule has 0 fully saturated rings. The molecule has 1 aromatic heterocycles. The van der Waals surface area contributed by atoms with Crippen molar-refractivity contribution in [3.05, 3.63) is 53.7 Å². The van der Waals surface area contributed by atoms with E-state index in [1.165, 1.54) is 4.88 Å². The molecule has 0 saturated carbocycles. The molecule has 0 radical (unpaired) electrons. The minimum Gasteiger partial charge on any atom is -0.294 e. The first-order valence-corrected chi connectivity index (χ1v) is 7.25. The second-order valence-corrected chi connectivity index (χ2v) is 5.30.